The molecule has 2 aromatic carbocycles. The Morgan fingerprint density at radius 3 is 2.21 bits per heavy atom. The van der Waals surface area contributed by atoms with Gasteiger partial charge in [0.25, 0.3) is 0 Å². The molecule has 0 aliphatic carbocycles. The van der Waals surface area contributed by atoms with Crippen LogP contribution in [0.2, 0.25) is 0 Å². The molecule has 0 saturated carbocycles. The summed E-state index contributed by atoms with van der Waals surface area (Å²) in [5, 5.41) is 0. The van der Waals surface area contributed by atoms with Crippen LogP contribution >= 0.6 is 0 Å². The van der Waals surface area contributed by atoms with Crippen LogP contribution in [0.1, 0.15) is 26.3 Å². The van der Waals surface area contributed by atoms with Gasteiger partial charge in [0.15, 0.2) is 12.8 Å². The van der Waals surface area contributed by atoms with Crippen molar-refractivity contribution >= 4 is 18.4 Å². The molecule has 24 heavy (non-hydrogen) atoms. The van der Waals surface area contributed by atoms with Crippen molar-refractivity contribution in [1.29, 1.82) is 0 Å². The maximum atomic E-state index is 12.5. The Labute approximate surface area is 143 Å². The third kappa shape index (κ3) is 5.84. The van der Waals surface area contributed by atoms with Crippen molar-refractivity contribution in [3.63, 3.8) is 0 Å². The van der Waals surface area contributed by atoms with Gasteiger partial charge >= 0.3 is 6.09 Å². The summed E-state index contributed by atoms with van der Waals surface area (Å²) in [4.78, 5) is 12.5. The maximum Gasteiger partial charge on any atom is 0.601 e. The van der Waals surface area contributed by atoms with E-state index in [2.05, 4.69) is 13.8 Å². The summed E-state index contributed by atoms with van der Waals surface area (Å²) in [7, 11) is 0. The van der Waals surface area contributed by atoms with Gasteiger partial charge in [0, 0.05) is 11.5 Å². The molecule has 0 N–H and O–H groups in total. The average molecular weight is 322 g/mol. The Morgan fingerprint density at radius 1 is 1.04 bits per heavy atom. The second-order valence-corrected chi connectivity index (χ2v) is 6.16. The lowest BCUT2D eigenvalue weighted by molar-refractivity contribution is -0.443. The maximum absolute atomic E-state index is 12.5. The molecular weight excluding hydrogens is 298 g/mol. The van der Waals surface area contributed by atoms with E-state index in [1.54, 1.807) is 16.7 Å². The predicted molar refractivity (Wildman–Crippen MR) is 98.6 cm³/mol. The topological polar surface area (TPSA) is 29.3 Å². The van der Waals surface area contributed by atoms with Crippen LogP contribution in [0.15, 0.2) is 66.2 Å². The van der Waals surface area contributed by atoms with Gasteiger partial charge in [0.1, 0.15) is 5.75 Å². The first-order valence-electron chi connectivity index (χ1n) is 8.16. The fraction of sp³-hybridized carbons (Fsp3) is 0.238. The lowest BCUT2D eigenvalue weighted by Crippen LogP contribution is -2.29. The van der Waals surface area contributed by atoms with E-state index in [0.717, 1.165) is 11.1 Å². The molecule has 0 fully saturated rings. The van der Waals surface area contributed by atoms with E-state index in [9.17, 15) is 4.79 Å². The minimum Gasteiger partial charge on any atom is -0.373 e. The molecule has 0 aromatic heterocycles. The molecule has 0 saturated heterocycles. The molecule has 0 radical (unpaired) electrons. The molecular formula is C21H24NO2+. The number of benzene rings is 2. The van der Waals surface area contributed by atoms with E-state index in [4.69, 9.17) is 4.74 Å². The summed E-state index contributed by atoms with van der Waals surface area (Å²) in [5.74, 6) is 0.892. The smallest absolute Gasteiger partial charge is 0.373 e. The van der Waals surface area contributed by atoms with E-state index in [-0.39, 0.29) is 6.09 Å². The monoisotopic (exact) mass is 322 g/mol. The third-order valence-corrected chi connectivity index (χ3v) is 3.30. The van der Waals surface area contributed by atoms with Crippen LogP contribution < -0.4 is 4.74 Å². The van der Waals surface area contributed by atoms with Gasteiger partial charge in [-0.15, -0.1) is 4.58 Å². The Bertz CT molecular complexity index is 716. The molecule has 0 spiro atoms. The third-order valence-electron chi connectivity index (χ3n) is 3.30. The van der Waals surface area contributed by atoms with E-state index in [0.29, 0.717) is 18.2 Å². The summed E-state index contributed by atoms with van der Waals surface area (Å²) >= 11 is 0. The number of amides is 1. The molecule has 3 nitrogen and oxygen atoms in total. The van der Waals surface area contributed by atoms with Crippen molar-refractivity contribution < 1.29 is 14.1 Å². The Kier molecular flexibility index (Phi) is 6.50. The summed E-state index contributed by atoms with van der Waals surface area (Å²) in [5.41, 5.74) is 2.10. The molecule has 124 valence electrons. The van der Waals surface area contributed by atoms with E-state index >= 15 is 0 Å². The van der Waals surface area contributed by atoms with Crippen LogP contribution in [0.5, 0.6) is 5.75 Å². The Balaban J connectivity index is 2.20. The van der Waals surface area contributed by atoms with E-state index in [1.807, 2.05) is 67.7 Å². The largest absolute Gasteiger partial charge is 0.601 e. The molecule has 0 unspecified atom stereocenters. The van der Waals surface area contributed by atoms with E-state index < -0.39 is 0 Å². The number of ether oxygens (including phenoxy) is 1. The lowest BCUT2D eigenvalue weighted by Gasteiger charge is -2.05. The lowest BCUT2D eigenvalue weighted by atomic mass is 10.1. The molecule has 0 heterocycles. The van der Waals surface area contributed by atoms with Gasteiger partial charge in [-0.05, 0) is 30.7 Å². The predicted octanol–water partition coefficient (Wildman–Crippen LogP) is 5.03. The van der Waals surface area contributed by atoms with Crippen molar-refractivity contribution in [3.8, 4) is 5.75 Å². The minimum atomic E-state index is -0.365. The van der Waals surface area contributed by atoms with Gasteiger partial charge in [-0.3, -0.25) is 0 Å². The molecule has 0 aliphatic rings. The molecule has 3 heteroatoms. The van der Waals surface area contributed by atoms with Crippen LogP contribution in [0, 0.1) is 5.92 Å². The van der Waals surface area contributed by atoms with Crippen LogP contribution in [0.25, 0.3) is 6.08 Å². The van der Waals surface area contributed by atoms with Crippen LogP contribution in [-0.4, -0.2) is 23.4 Å². The highest BCUT2D eigenvalue weighted by Gasteiger charge is 2.22. The fourth-order valence-corrected chi connectivity index (χ4v) is 2.32. The number of hydrogen-bond donors (Lipinski definition) is 0. The van der Waals surface area contributed by atoms with Gasteiger partial charge in [-0.25, -0.2) is 0 Å². The molecule has 2 aromatic rings. The van der Waals surface area contributed by atoms with Gasteiger partial charge in [0.05, 0.1) is 0 Å². The standard InChI is InChI=1S/C21H24NO2/c1-17(2)15-22(21(23)24-20-12-8-5-9-13-20)16-18(3)14-19-10-6-4-7-11-19/h4-14,16-17H,15H2,1-3H3/q+1/b18-14+,22-16+. The first kappa shape index (κ1) is 17.7. The number of carbonyl (C=O) groups is 1. The molecule has 0 atom stereocenters. The van der Waals surface area contributed by atoms with Crippen LogP contribution in [0.4, 0.5) is 4.79 Å². The summed E-state index contributed by atoms with van der Waals surface area (Å²) < 4.78 is 7.09. The van der Waals surface area contributed by atoms with Crippen molar-refractivity contribution in [3.05, 3.63) is 71.8 Å². The number of para-hydroxylation sites is 1. The highest BCUT2D eigenvalue weighted by Crippen LogP contribution is 2.10. The Hall–Kier alpha value is -2.68. The quantitative estimate of drug-likeness (QED) is 0.571. The number of hydrogen-bond acceptors (Lipinski definition) is 2. The molecule has 0 bridgehead atoms. The first-order chi connectivity index (χ1) is 11.5. The van der Waals surface area contributed by atoms with Gasteiger partial charge in [-0.2, -0.15) is 4.79 Å². The van der Waals surface area contributed by atoms with Crippen molar-refractivity contribution in [1.82, 2.24) is 0 Å². The summed E-state index contributed by atoms with van der Waals surface area (Å²) in [6.07, 6.45) is 3.53. The van der Waals surface area contributed by atoms with Crippen LogP contribution in [0.3, 0.4) is 0 Å². The van der Waals surface area contributed by atoms with E-state index in [1.165, 1.54) is 0 Å². The molecule has 2 rings (SSSR count). The molecule has 1 amide bonds. The van der Waals surface area contributed by atoms with Gasteiger partial charge in [0.2, 0.25) is 0 Å². The van der Waals surface area contributed by atoms with Crippen molar-refractivity contribution in [2.45, 2.75) is 20.8 Å². The summed E-state index contributed by atoms with van der Waals surface area (Å²) in [6.45, 7) is 6.74. The number of rotatable bonds is 5. The SMILES string of the molecule is CC(=C\c1ccccc1)/C=[N+](\CC(C)C)C(=O)Oc1ccccc1. The second-order valence-electron chi connectivity index (χ2n) is 6.16. The van der Waals surface area contributed by atoms with Crippen molar-refractivity contribution in [2.24, 2.45) is 5.92 Å². The van der Waals surface area contributed by atoms with Gasteiger partial charge < -0.3 is 4.74 Å². The first-order valence-corrected chi connectivity index (χ1v) is 8.16. The zero-order valence-corrected chi connectivity index (χ0v) is 14.5. The zero-order valence-electron chi connectivity index (χ0n) is 14.5. The van der Waals surface area contributed by atoms with Crippen molar-refractivity contribution in [2.75, 3.05) is 6.54 Å². The highest BCUT2D eigenvalue weighted by molar-refractivity contribution is 5.84. The second kappa shape index (κ2) is 8.82. The Morgan fingerprint density at radius 2 is 1.62 bits per heavy atom. The highest BCUT2D eigenvalue weighted by atomic mass is 16.6. The van der Waals surface area contributed by atoms with Gasteiger partial charge in [-0.1, -0.05) is 62.4 Å². The normalized spacial score (nSPS) is 12.3. The molecule has 0 aliphatic heterocycles. The van der Waals surface area contributed by atoms with Crippen LogP contribution in [-0.2, 0) is 0 Å². The number of nitrogens with zero attached hydrogens (tertiary/aromatic N) is 1. The minimum absolute atomic E-state index is 0.342. The zero-order chi connectivity index (χ0) is 17.4. The number of allylic oxidation sites excluding steroid dienone is 1. The fourth-order valence-electron chi connectivity index (χ4n) is 2.32. The number of carbonyl (C=O) groups excluding carboxylic acids is 1. The summed E-state index contributed by atoms with van der Waals surface area (Å²) in [6, 6.07) is 19.2. The average Bonchev–Trinajstić information content (AvgIpc) is 2.55.